The van der Waals surface area contributed by atoms with E-state index in [4.69, 9.17) is 11.6 Å². The Morgan fingerprint density at radius 2 is 2.29 bits per heavy atom. The molecule has 0 amide bonds. The normalized spacial score (nSPS) is 10.5. The summed E-state index contributed by atoms with van der Waals surface area (Å²) < 4.78 is 13.6. The molecule has 2 rings (SSSR count). The highest BCUT2D eigenvalue weighted by molar-refractivity contribution is 7.18. The molecule has 17 heavy (non-hydrogen) atoms. The summed E-state index contributed by atoms with van der Waals surface area (Å²) in [6.07, 6.45) is 2.69. The number of halogens is 2. The summed E-state index contributed by atoms with van der Waals surface area (Å²) in [4.78, 5) is 4.98. The number of benzene rings is 1. The third-order valence-electron chi connectivity index (χ3n) is 2.23. The van der Waals surface area contributed by atoms with Crippen LogP contribution < -0.4 is 5.32 Å². The van der Waals surface area contributed by atoms with Gasteiger partial charge in [-0.1, -0.05) is 29.9 Å². The number of anilines is 1. The van der Waals surface area contributed by atoms with Gasteiger partial charge in [-0.05, 0) is 24.6 Å². The maximum absolute atomic E-state index is 13.6. The van der Waals surface area contributed by atoms with Crippen LogP contribution in [0.1, 0.15) is 13.3 Å². The highest BCUT2D eigenvalue weighted by atomic mass is 35.5. The van der Waals surface area contributed by atoms with Crippen LogP contribution in [0.25, 0.3) is 10.4 Å². The van der Waals surface area contributed by atoms with Crippen LogP contribution in [0.3, 0.4) is 0 Å². The van der Waals surface area contributed by atoms with E-state index in [1.807, 2.05) is 0 Å². The number of hydrogen-bond donors (Lipinski definition) is 1. The maximum atomic E-state index is 13.6. The number of aromatic nitrogens is 1. The summed E-state index contributed by atoms with van der Waals surface area (Å²) in [6.45, 7) is 2.95. The van der Waals surface area contributed by atoms with Crippen LogP contribution in [0.2, 0.25) is 5.02 Å². The maximum Gasteiger partial charge on any atom is 0.183 e. The highest BCUT2D eigenvalue weighted by Gasteiger charge is 2.09. The van der Waals surface area contributed by atoms with Crippen LogP contribution >= 0.6 is 22.9 Å². The summed E-state index contributed by atoms with van der Waals surface area (Å²) in [5.74, 6) is -0.278. The summed E-state index contributed by atoms with van der Waals surface area (Å²) >= 11 is 7.29. The van der Waals surface area contributed by atoms with Crippen molar-refractivity contribution < 1.29 is 4.39 Å². The van der Waals surface area contributed by atoms with E-state index in [1.54, 1.807) is 12.3 Å². The van der Waals surface area contributed by atoms with E-state index in [9.17, 15) is 4.39 Å². The fourth-order valence-corrected chi connectivity index (χ4v) is 2.43. The molecule has 0 saturated carbocycles. The Morgan fingerprint density at radius 1 is 1.47 bits per heavy atom. The Bertz CT molecular complexity index is 513. The van der Waals surface area contributed by atoms with Crippen molar-refractivity contribution in [3.63, 3.8) is 0 Å². The Kier molecular flexibility index (Phi) is 3.97. The molecule has 1 aromatic heterocycles. The van der Waals surface area contributed by atoms with Crippen LogP contribution in [-0.4, -0.2) is 11.5 Å². The lowest BCUT2D eigenvalue weighted by Crippen LogP contribution is -1.97. The topological polar surface area (TPSA) is 24.9 Å². The van der Waals surface area contributed by atoms with E-state index < -0.39 is 0 Å². The summed E-state index contributed by atoms with van der Waals surface area (Å²) in [5, 5.41) is 4.50. The first-order valence-corrected chi connectivity index (χ1v) is 6.55. The zero-order valence-electron chi connectivity index (χ0n) is 9.34. The molecule has 1 N–H and O–H groups in total. The monoisotopic (exact) mass is 270 g/mol. The van der Waals surface area contributed by atoms with Crippen molar-refractivity contribution in [1.29, 1.82) is 0 Å². The molecule has 5 heteroatoms. The second-order valence-corrected chi connectivity index (χ2v) is 5.05. The van der Waals surface area contributed by atoms with Crippen LogP contribution in [0.5, 0.6) is 0 Å². The average Bonchev–Trinajstić information content (AvgIpc) is 2.78. The highest BCUT2D eigenvalue weighted by Crippen LogP contribution is 2.32. The molecule has 0 radical (unpaired) electrons. The van der Waals surface area contributed by atoms with E-state index in [-0.39, 0.29) is 5.82 Å². The van der Waals surface area contributed by atoms with Crippen LogP contribution in [0.4, 0.5) is 9.52 Å². The Labute approximate surface area is 108 Å². The molecule has 2 nitrogen and oxygen atoms in total. The predicted molar refractivity (Wildman–Crippen MR) is 71.3 cm³/mol. The first kappa shape index (κ1) is 12.3. The minimum Gasteiger partial charge on any atom is -0.362 e. The zero-order valence-corrected chi connectivity index (χ0v) is 10.9. The number of hydrogen-bond acceptors (Lipinski definition) is 3. The van der Waals surface area contributed by atoms with Gasteiger partial charge in [-0.15, -0.1) is 0 Å². The van der Waals surface area contributed by atoms with Gasteiger partial charge in [-0.25, -0.2) is 9.37 Å². The zero-order chi connectivity index (χ0) is 12.3. The van der Waals surface area contributed by atoms with Gasteiger partial charge in [0.2, 0.25) is 0 Å². The Hall–Kier alpha value is -1.13. The molecular weight excluding hydrogens is 259 g/mol. The number of thiazole rings is 1. The van der Waals surface area contributed by atoms with Gasteiger partial charge in [0.05, 0.1) is 4.88 Å². The lowest BCUT2D eigenvalue weighted by Gasteiger charge is -2.00. The molecule has 0 aliphatic rings. The van der Waals surface area contributed by atoms with Crippen molar-refractivity contribution in [2.75, 3.05) is 11.9 Å². The first-order chi connectivity index (χ1) is 8.20. The molecule has 0 atom stereocenters. The smallest absolute Gasteiger partial charge is 0.183 e. The molecule has 90 valence electrons. The molecule has 0 aliphatic heterocycles. The third-order valence-corrected chi connectivity index (χ3v) is 3.45. The average molecular weight is 271 g/mol. The fourth-order valence-electron chi connectivity index (χ4n) is 1.40. The van der Waals surface area contributed by atoms with Crippen molar-refractivity contribution in [1.82, 2.24) is 4.98 Å². The van der Waals surface area contributed by atoms with Crippen LogP contribution in [-0.2, 0) is 0 Å². The van der Waals surface area contributed by atoms with Crippen LogP contribution in [0, 0.1) is 5.82 Å². The van der Waals surface area contributed by atoms with E-state index in [0.717, 1.165) is 23.0 Å². The fraction of sp³-hybridized carbons (Fsp3) is 0.250. The Balaban J connectivity index is 2.27. The first-order valence-electron chi connectivity index (χ1n) is 5.36. The summed E-state index contributed by atoms with van der Waals surface area (Å²) in [7, 11) is 0. The van der Waals surface area contributed by atoms with Crippen molar-refractivity contribution in [2.24, 2.45) is 0 Å². The van der Waals surface area contributed by atoms with Gasteiger partial charge in [0.1, 0.15) is 5.82 Å². The van der Waals surface area contributed by atoms with Gasteiger partial charge in [0, 0.05) is 23.3 Å². The molecule has 0 fully saturated rings. The predicted octanol–water partition coefficient (Wildman–Crippen LogP) is 4.42. The van der Waals surface area contributed by atoms with Gasteiger partial charge in [-0.2, -0.15) is 0 Å². The van der Waals surface area contributed by atoms with E-state index >= 15 is 0 Å². The van der Waals surface area contributed by atoms with Gasteiger partial charge < -0.3 is 5.32 Å². The molecule has 2 aromatic rings. The molecule has 1 heterocycles. The molecule has 0 aliphatic carbocycles. The van der Waals surface area contributed by atoms with Crippen LogP contribution in [0.15, 0.2) is 24.4 Å². The molecule has 0 bridgehead atoms. The van der Waals surface area contributed by atoms with Crippen molar-refractivity contribution in [3.8, 4) is 10.4 Å². The lowest BCUT2D eigenvalue weighted by molar-refractivity contribution is 0.631. The molecule has 0 unspecified atom stereocenters. The summed E-state index contributed by atoms with van der Waals surface area (Å²) in [6, 6.07) is 4.53. The van der Waals surface area contributed by atoms with E-state index in [0.29, 0.717) is 10.6 Å². The van der Waals surface area contributed by atoms with E-state index in [2.05, 4.69) is 17.2 Å². The van der Waals surface area contributed by atoms with Crippen molar-refractivity contribution in [3.05, 3.63) is 35.2 Å². The quantitative estimate of drug-likeness (QED) is 0.889. The molecule has 0 spiro atoms. The summed E-state index contributed by atoms with van der Waals surface area (Å²) in [5.41, 5.74) is 0.500. The molecular formula is C12H12ClFN2S. The molecule has 1 aromatic carbocycles. The second kappa shape index (κ2) is 5.47. The molecule has 0 saturated heterocycles. The number of rotatable bonds is 4. The van der Waals surface area contributed by atoms with Gasteiger partial charge in [-0.3, -0.25) is 0 Å². The lowest BCUT2D eigenvalue weighted by atomic mass is 10.2. The minimum absolute atomic E-state index is 0.278. The van der Waals surface area contributed by atoms with Crippen molar-refractivity contribution >= 4 is 28.1 Å². The van der Waals surface area contributed by atoms with Crippen molar-refractivity contribution in [2.45, 2.75) is 13.3 Å². The van der Waals surface area contributed by atoms with Gasteiger partial charge >= 0.3 is 0 Å². The second-order valence-electron chi connectivity index (χ2n) is 3.58. The Morgan fingerprint density at radius 3 is 3.06 bits per heavy atom. The number of nitrogens with one attached hydrogen (secondary N) is 1. The minimum atomic E-state index is -0.278. The standard InChI is InChI=1S/C12H12ClFN2S/c1-2-5-15-12-16-7-11(17-12)9-6-8(13)3-4-10(9)14/h3-4,6-7H,2,5H2,1H3,(H,15,16). The van der Waals surface area contributed by atoms with Gasteiger partial charge in [0.25, 0.3) is 0 Å². The van der Waals surface area contributed by atoms with Gasteiger partial charge in [0.15, 0.2) is 5.13 Å². The SMILES string of the molecule is CCCNc1ncc(-c2cc(Cl)ccc2F)s1. The van der Waals surface area contributed by atoms with E-state index in [1.165, 1.54) is 23.5 Å². The largest absolute Gasteiger partial charge is 0.362 e. The third kappa shape index (κ3) is 2.96. The number of nitrogens with zero attached hydrogens (tertiary/aromatic N) is 1.